The third kappa shape index (κ3) is 5.49. The van der Waals surface area contributed by atoms with Crippen LogP contribution in [0.1, 0.15) is 0 Å². The maximum absolute atomic E-state index is 10.4. The maximum Gasteiger partial charge on any atom is 0.232 e. The lowest BCUT2D eigenvalue weighted by Gasteiger charge is -2.42. The second-order valence-corrected chi connectivity index (χ2v) is 5.62. The van der Waals surface area contributed by atoms with Crippen molar-refractivity contribution in [2.24, 2.45) is 0 Å². The van der Waals surface area contributed by atoms with E-state index in [9.17, 15) is 40.8 Å². The van der Waals surface area contributed by atoms with Gasteiger partial charge in [-0.2, -0.15) is 0 Å². The fourth-order valence-electron chi connectivity index (χ4n) is 2.32. The fourth-order valence-corrected chi connectivity index (χ4v) is 2.32. The molecule has 0 aromatic carbocycles. The van der Waals surface area contributed by atoms with E-state index in [2.05, 4.69) is 0 Å². The van der Waals surface area contributed by atoms with Crippen molar-refractivity contribution in [2.75, 3.05) is 19.8 Å². The van der Waals surface area contributed by atoms with E-state index in [1.807, 2.05) is 0 Å². The second kappa shape index (κ2) is 9.63. The molecule has 1 aliphatic rings. The molecule has 148 valence electrons. The van der Waals surface area contributed by atoms with E-state index < -0.39 is 79.8 Å². The molecule has 0 aromatic heterocycles. The first-order chi connectivity index (χ1) is 11.6. The Morgan fingerprint density at radius 1 is 1.04 bits per heavy atom. The molecule has 0 radical (unpaired) electrons. The summed E-state index contributed by atoms with van der Waals surface area (Å²) in [5.74, 6) is 0. The van der Waals surface area contributed by atoms with Crippen molar-refractivity contribution in [3.63, 3.8) is 0 Å². The molecule has 1 aliphatic heterocycles. The third-order valence-corrected chi connectivity index (χ3v) is 3.77. The highest BCUT2D eigenvalue weighted by Gasteiger charge is 2.47. The minimum atomic E-state index is -2.06. The van der Waals surface area contributed by atoms with Gasteiger partial charge in [0.2, 0.25) is 6.54 Å². The van der Waals surface area contributed by atoms with Crippen molar-refractivity contribution in [2.45, 2.75) is 55.1 Å². The molecule has 1 fully saturated rings. The van der Waals surface area contributed by atoms with Crippen LogP contribution in [0.3, 0.4) is 0 Å². The molecule has 9 atom stereocenters. The van der Waals surface area contributed by atoms with Crippen molar-refractivity contribution in [1.82, 2.24) is 0 Å². The number of hydrogen-bond acceptors (Lipinski definition) is 12. The molecule has 1 rings (SSSR count). The Labute approximate surface area is 141 Å². The van der Waals surface area contributed by atoms with Crippen LogP contribution in [0.25, 0.3) is 0 Å². The zero-order valence-corrected chi connectivity index (χ0v) is 13.0. The van der Waals surface area contributed by atoms with Gasteiger partial charge in [0.05, 0.1) is 13.2 Å². The van der Waals surface area contributed by atoms with Gasteiger partial charge in [0.25, 0.3) is 0 Å². The van der Waals surface area contributed by atoms with Gasteiger partial charge in [-0.1, -0.05) is 0 Å². The highest BCUT2D eigenvalue weighted by Crippen LogP contribution is 2.24. The van der Waals surface area contributed by atoms with Crippen LogP contribution < -0.4 is 0 Å². The topological polar surface area (TPSA) is 223 Å². The van der Waals surface area contributed by atoms with Crippen LogP contribution in [0, 0.1) is 10.1 Å². The van der Waals surface area contributed by atoms with E-state index in [4.69, 9.17) is 19.7 Å². The standard InChI is InChI=1S/C12H23NO12/c14-2-5(17)11(7(18)4(16)1-13(22)23)25-12-10(21)9(20)8(19)6(3-15)24-12/h4-12,14-21H,1-3H2/t4?,5-,6-,7-,8+,9+,10-,11-,12+/m1/s1. The summed E-state index contributed by atoms with van der Waals surface area (Å²) in [7, 11) is 0. The molecular formula is C12H23NO12. The summed E-state index contributed by atoms with van der Waals surface area (Å²) in [4.78, 5) is 9.48. The van der Waals surface area contributed by atoms with E-state index >= 15 is 0 Å². The lowest BCUT2D eigenvalue weighted by molar-refractivity contribution is -0.494. The van der Waals surface area contributed by atoms with Gasteiger partial charge >= 0.3 is 0 Å². The maximum atomic E-state index is 10.4. The number of nitrogens with zero attached hydrogens (tertiary/aromatic N) is 1. The van der Waals surface area contributed by atoms with Crippen molar-refractivity contribution in [3.8, 4) is 0 Å². The van der Waals surface area contributed by atoms with Crippen LogP contribution >= 0.6 is 0 Å². The normalized spacial score (nSPS) is 35.0. The lowest BCUT2D eigenvalue weighted by Crippen LogP contribution is -2.61. The molecule has 0 bridgehead atoms. The van der Waals surface area contributed by atoms with Gasteiger partial charge in [-0.25, -0.2) is 0 Å². The van der Waals surface area contributed by atoms with Gasteiger partial charge in [-0.05, 0) is 0 Å². The number of aliphatic hydroxyl groups excluding tert-OH is 8. The van der Waals surface area contributed by atoms with Crippen LogP contribution in [0.4, 0.5) is 0 Å². The molecular weight excluding hydrogens is 350 g/mol. The van der Waals surface area contributed by atoms with Crippen molar-refractivity contribution in [1.29, 1.82) is 0 Å². The molecule has 25 heavy (non-hydrogen) atoms. The molecule has 0 aromatic rings. The van der Waals surface area contributed by atoms with Crippen molar-refractivity contribution in [3.05, 3.63) is 10.1 Å². The van der Waals surface area contributed by atoms with E-state index in [0.29, 0.717) is 0 Å². The highest BCUT2D eigenvalue weighted by molar-refractivity contribution is 4.91. The van der Waals surface area contributed by atoms with Gasteiger partial charge in [-0.3, -0.25) is 10.1 Å². The average molecular weight is 373 g/mol. The number of aliphatic hydroxyl groups is 8. The fraction of sp³-hybridized carbons (Fsp3) is 1.00. The summed E-state index contributed by atoms with van der Waals surface area (Å²) in [5, 5.41) is 86.9. The van der Waals surface area contributed by atoms with Gasteiger partial charge < -0.3 is 50.3 Å². The van der Waals surface area contributed by atoms with Crippen LogP contribution in [0.2, 0.25) is 0 Å². The third-order valence-electron chi connectivity index (χ3n) is 3.77. The zero-order chi connectivity index (χ0) is 19.3. The van der Waals surface area contributed by atoms with Crippen LogP contribution in [0.5, 0.6) is 0 Å². The summed E-state index contributed by atoms with van der Waals surface area (Å²) in [6.45, 7) is -2.82. The summed E-state index contributed by atoms with van der Waals surface area (Å²) in [5.41, 5.74) is 0. The number of nitro groups is 1. The summed E-state index contributed by atoms with van der Waals surface area (Å²) >= 11 is 0. The summed E-state index contributed by atoms with van der Waals surface area (Å²) < 4.78 is 10.1. The second-order valence-electron chi connectivity index (χ2n) is 5.62. The molecule has 1 unspecified atom stereocenters. The number of rotatable bonds is 9. The van der Waals surface area contributed by atoms with Gasteiger partial charge in [0, 0.05) is 4.92 Å². The molecule has 8 N–H and O–H groups in total. The van der Waals surface area contributed by atoms with E-state index in [-0.39, 0.29) is 0 Å². The lowest BCUT2D eigenvalue weighted by atomic mass is 9.98. The number of hydrogen-bond donors (Lipinski definition) is 8. The monoisotopic (exact) mass is 373 g/mol. The molecule has 1 saturated heterocycles. The predicted octanol–water partition coefficient (Wildman–Crippen LogP) is -5.48. The van der Waals surface area contributed by atoms with Gasteiger partial charge in [0.1, 0.15) is 48.8 Å². The Morgan fingerprint density at radius 2 is 1.64 bits per heavy atom. The summed E-state index contributed by atoms with van der Waals surface area (Å²) in [6, 6.07) is 0. The highest BCUT2D eigenvalue weighted by atomic mass is 16.7. The molecule has 0 saturated carbocycles. The Bertz CT molecular complexity index is 423. The smallest absolute Gasteiger partial charge is 0.232 e. The quantitative estimate of drug-likeness (QED) is 0.140. The van der Waals surface area contributed by atoms with Crippen LogP contribution in [-0.2, 0) is 9.47 Å². The zero-order valence-electron chi connectivity index (χ0n) is 13.0. The van der Waals surface area contributed by atoms with Crippen molar-refractivity contribution >= 4 is 0 Å². The van der Waals surface area contributed by atoms with E-state index in [0.717, 1.165) is 0 Å². The molecule has 0 aliphatic carbocycles. The Hall–Kier alpha value is -1.00. The molecule has 13 nitrogen and oxygen atoms in total. The first-order valence-corrected chi connectivity index (χ1v) is 7.36. The molecule has 0 spiro atoms. The van der Waals surface area contributed by atoms with E-state index in [1.165, 1.54) is 0 Å². The Morgan fingerprint density at radius 3 is 2.12 bits per heavy atom. The van der Waals surface area contributed by atoms with Crippen LogP contribution in [0.15, 0.2) is 0 Å². The first kappa shape index (κ1) is 22.0. The van der Waals surface area contributed by atoms with Gasteiger partial charge in [0.15, 0.2) is 6.29 Å². The molecule has 13 heteroatoms. The van der Waals surface area contributed by atoms with Crippen molar-refractivity contribution < 1.29 is 55.2 Å². The predicted molar refractivity (Wildman–Crippen MR) is 75.6 cm³/mol. The Kier molecular flexibility index (Phi) is 8.49. The van der Waals surface area contributed by atoms with Gasteiger partial charge in [-0.15, -0.1) is 0 Å². The molecule has 0 amide bonds. The molecule has 1 heterocycles. The Balaban J connectivity index is 2.91. The van der Waals surface area contributed by atoms with Crippen LogP contribution in [-0.4, -0.2) is 121 Å². The summed E-state index contributed by atoms with van der Waals surface area (Å²) in [6.07, 6.45) is -16.2. The minimum Gasteiger partial charge on any atom is -0.394 e. The first-order valence-electron chi connectivity index (χ1n) is 7.36. The minimum absolute atomic E-state index is 0.759. The SMILES string of the molecule is O=[N+]([O-])CC(O)[C@@H](O)[C@H](O[C@@H]1O[C@H](CO)[C@H](O)[C@H](O)[C@H]1O)[C@H](O)CO. The largest absolute Gasteiger partial charge is 0.394 e. The van der Waals surface area contributed by atoms with E-state index in [1.54, 1.807) is 0 Å². The number of ether oxygens (including phenoxy) is 2. The average Bonchev–Trinajstić information content (AvgIpc) is 2.57.